The SMILES string of the molecule is CCC(=O)CO[C@H](CC)C[C@@H](CC)CO[Si](C)(C)C(C)(C)C. The number of Topliss-reactive ketones (excluding diaryl/α,β-unsaturated/α-hetero) is 1. The van der Waals surface area contributed by atoms with Gasteiger partial charge in [0.05, 0.1) is 6.10 Å². The predicted molar refractivity (Wildman–Crippen MR) is 96.9 cm³/mol. The Morgan fingerprint density at radius 1 is 1.09 bits per heavy atom. The highest BCUT2D eigenvalue weighted by atomic mass is 28.4. The Bertz CT molecular complexity index is 321. The van der Waals surface area contributed by atoms with E-state index in [0.717, 1.165) is 25.9 Å². The molecule has 0 fully saturated rings. The molecule has 0 saturated carbocycles. The lowest BCUT2D eigenvalue weighted by molar-refractivity contribution is -0.125. The van der Waals surface area contributed by atoms with E-state index in [0.29, 0.717) is 12.3 Å². The van der Waals surface area contributed by atoms with Gasteiger partial charge in [0.15, 0.2) is 14.1 Å². The summed E-state index contributed by atoms with van der Waals surface area (Å²) in [6.45, 7) is 18.7. The number of rotatable bonds is 11. The average molecular weight is 331 g/mol. The predicted octanol–water partition coefficient (Wildman–Crippen LogP) is 5.20. The second-order valence-corrected chi connectivity index (χ2v) is 12.6. The van der Waals surface area contributed by atoms with Gasteiger partial charge in [0.2, 0.25) is 0 Å². The molecule has 0 unspecified atom stereocenters. The van der Waals surface area contributed by atoms with Crippen molar-refractivity contribution >= 4 is 14.1 Å². The molecule has 0 aromatic carbocycles. The van der Waals surface area contributed by atoms with Crippen LogP contribution in [0.4, 0.5) is 0 Å². The molecule has 0 aliphatic heterocycles. The van der Waals surface area contributed by atoms with Crippen molar-refractivity contribution in [1.29, 1.82) is 0 Å². The van der Waals surface area contributed by atoms with E-state index >= 15 is 0 Å². The number of hydrogen-bond acceptors (Lipinski definition) is 3. The van der Waals surface area contributed by atoms with Gasteiger partial charge in [0.1, 0.15) is 6.61 Å². The standard InChI is InChI=1S/C18H38O3Si/c1-9-15(13-21-22(7,8)18(4,5)6)12-17(11-3)20-14-16(19)10-2/h15,17H,9-14H2,1-8H3/t15-,17-/m1/s1. The Hall–Kier alpha value is -0.193. The van der Waals surface area contributed by atoms with Crippen LogP contribution in [-0.2, 0) is 14.0 Å². The molecule has 0 saturated heterocycles. The van der Waals surface area contributed by atoms with Crippen molar-refractivity contribution < 1.29 is 14.0 Å². The minimum Gasteiger partial charge on any atom is -0.417 e. The fourth-order valence-corrected chi connectivity index (χ4v) is 3.02. The maximum absolute atomic E-state index is 11.4. The van der Waals surface area contributed by atoms with Crippen LogP contribution in [0.1, 0.15) is 67.2 Å². The third kappa shape index (κ3) is 7.89. The van der Waals surface area contributed by atoms with Crippen LogP contribution in [-0.4, -0.2) is 33.4 Å². The van der Waals surface area contributed by atoms with Gasteiger partial charge in [-0.15, -0.1) is 0 Å². The molecule has 0 bridgehead atoms. The molecular formula is C18H38O3Si. The molecule has 0 amide bonds. The molecule has 2 atom stereocenters. The largest absolute Gasteiger partial charge is 0.417 e. The van der Waals surface area contributed by atoms with Crippen LogP contribution < -0.4 is 0 Å². The second kappa shape index (κ2) is 9.84. The van der Waals surface area contributed by atoms with Crippen molar-refractivity contribution in [3.8, 4) is 0 Å². The van der Waals surface area contributed by atoms with Crippen LogP contribution in [0, 0.1) is 5.92 Å². The molecule has 3 nitrogen and oxygen atoms in total. The number of ketones is 1. The van der Waals surface area contributed by atoms with Crippen LogP contribution in [0.25, 0.3) is 0 Å². The third-order valence-corrected chi connectivity index (χ3v) is 9.49. The normalized spacial score (nSPS) is 15.6. The second-order valence-electron chi connectivity index (χ2n) is 7.81. The first-order valence-corrected chi connectivity index (χ1v) is 11.7. The summed E-state index contributed by atoms with van der Waals surface area (Å²) in [5, 5.41) is 0.249. The van der Waals surface area contributed by atoms with Crippen molar-refractivity contribution in [3.63, 3.8) is 0 Å². The van der Waals surface area contributed by atoms with Crippen LogP contribution in [0.2, 0.25) is 18.1 Å². The first kappa shape index (κ1) is 21.8. The summed E-state index contributed by atoms with van der Waals surface area (Å²) in [7, 11) is -1.68. The summed E-state index contributed by atoms with van der Waals surface area (Å²) in [6, 6.07) is 0. The van der Waals surface area contributed by atoms with Gasteiger partial charge in [-0.25, -0.2) is 0 Å². The Morgan fingerprint density at radius 3 is 2.09 bits per heavy atom. The molecule has 0 spiro atoms. The number of carbonyl (C=O) groups is 1. The summed E-state index contributed by atoms with van der Waals surface area (Å²) in [5.74, 6) is 0.694. The van der Waals surface area contributed by atoms with Crippen LogP contribution >= 0.6 is 0 Å². The van der Waals surface area contributed by atoms with Crippen molar-refractivity contribution in [1.82, 2.24) is 0 Å². The van der Waals surface area contributed by atoms with E-state index < -0.39 is 8.32 Å². The number of hydrogen-bond donors (Lipinski definition) is 0. The first-order chi connectivity index (χ1) is 10.1. The van der Waals surface area contributed by atoms with E-state index in [1.807, 2.05) is 6.92 Å². The summed E-state index contributed by atoms with van der Waals surface area (Å²) in [4.78, 5) is 11.4. The van der Waals surface area contributed by atoms with Gasteiger partial charge in [-0.2, -0.15) is 0 Å². The van der Waals surface area contributed by atoms with Gasteiger partial charge < -0.3 is 9.16 Å². The molecule has 0 radical (unpaired) electrons. The summed E-state index contributed by atoms with van der Waals surface area (Å²) in [5.41, 5.74) is 0. The maximum atomic E-state index is 11.4. The highest BCUT2D eigenvalue weighted by Crippen LogP contribution is 2.37. The summed E-state index contributed by atoms with van der Waals surface area (Å²) >= 11 is 0. The van der Waals surface area contributed by atoms with E-state index in [1.165, 1.54) is 0 Å². The van der Waals surface area contributed by atoms with Gasteiger partial charge >= 0.3 is 0 Å². The van der Waals surface area contributed by atoms with Gasteiger partial charge in [-0.1, -0.05) is 48.0 Å². The van der Waals surface area contributed by atoms with Gasteiger partial charge in [-0.05, 0) is 36.9 Å². The average Bonchev–Trinajstić information content (AvgIpc) is 2.45. The lowest BCUT2D eigenvalue weighted by Crippen LogP contribution is -2.42. The van der Waals surface area contributed by atoms with Crippen LogP contribution in [0.5, 0.6) is 0 Å². The van der Waals surface area contributed by atoms with Crippen LogP contribution in [0.15, 0.2) is 0 Å². The van der Waals surface area contributed by atoms with Crippen LogP contribution in [0.3, 0.4) is 0 Å². The molecule has 0 rings (SSSR count). The molecular weight excluding hydrogens is 292 g/mol. The van der Waals surface area contributed by atoms with Crippen molar-refractivity contribution in [2.45, 2.75) is 91.5 Å². The van der Waals surface area contributed by atoms with Crippen molar-refractivity contribution in [2.75, 3.05) is 13.2 Å². The van der Waals surface area contributed by atoms with Gasteiger partial charge in [0.25, 0.3) is 0 Å². The Kier molecular flexibility index (Phi) is 9.75. The lowest BCUT2D eigenvalue weighted by atomic mass is 9.98. The topological polar surface area (TPSA) is 35.5 Å². The van der Waals surface area contributed by atoms with E-state index in [9.17, 15) is 4.79 Å². The molecule has 0 aromatic rings. The third-order valence-electron chi connectivity index (χ3n) is 4.99. The Labute approximate surface area is 139 Å². The minimum absolute atomic E-state index is 0.170. The fourth-order valence-electron chi connectivity index (χ4n) is 1.93. The summed E-state index contributed by atoms with van der Waals surface area (Å²) < 4.78 is 12.1. The lowest BCUT2D eigenvalue weighted by Gasteiger charge is -2.37. The Morgan fingerprint density at radius 2 is 1.68 bits per heavy atom. The molecule has 0 heterocycles. The highest BCUT2D eigenvalue weighted by molar-refractivity contribution is 6.74. The zero-order valence-electron chi connectivity index (χ0n) is 16.1. The summed E-state index contributed by atoms with van der Waals surface area (Å²) in [6.07, 6.45) is 3.76. The smallest absolute Gasteiger partial charge is 0.191 e. The molecule has 132 valence electrons. The molecule has 22 heavy (non-hydrogen) atoms. The van der Waals surface area contributed by atoms with E-state index in [1.54, 1.807) is 0 Å². The maximum Gasteiger partial charge on any atom is 0.191 e. The molecule has 0 N–H and O–H groups in total. The first-order valence-electron chi connectivity index (χ1n) is 8.84. The van der Waals surface area contributed by atoms with Gasteiger partial charge in [-0.3, -0.25) is 4.79 Å². The quantitative estimate of drug-likeness (QED) is 0.488. The zero-order chi connectivity index (χ0) is 17.4. The number of carbonyl (C=O) groups excluding carboxylic acids is 1. The monoisotopic (exact) mass is 330 g/mol. The highest BCUT2D eigenvalue weighted by Gasteiger charge is 2.37. The molecule has 0 aliphatic carbocycles. The zero-order valence-corrected chi connectivity index (χ0v) is 17.1. The number of ether oxygens (including phenoxy) is 1. The van der Waals surface area contributed by atoms with Crippen molar-refractivity contribution in [2.24, 2.45) is 5.92 Å². The van der Waals surface area contributed by atoms with E-state index in [2.05, 4.69) is 47.7 Å². The minimum atomic E-state index is -1.68. The van der Waals surface area contributed by atoms with Gasteiger partial charge in [0, 0.05) is 13.0 Å². The molecule has 0 aliphatic rings. The van der Waals surface area contributed by atoms with E-state index in [4.69, 9.17) is 9.16 Å². The van der Waals surface area contributed by atoms with E-state index in [-0.39, 0.29) is 23.5 Å². The molecule has 4 heteroatoms. The fraction of sp³-hybridized carbons (Fsp3) is 0.944. The Balaban J connectivity index is 4.42. The van der Waals surface area contributed by atoms with Crippen molar-refractivity contribution in [3.05, 3.63) is 0 Å². The molecule has 0 aromatic heterocycles.